The van der Waals surface area contributed by atoms with Crippen LogP contribution in [0.4, 0.5) is 0 Å². The Bertz CT molecular complexity index is 142. The Morgan fingerprint density at radius 3 is 2.40 bits per heavy atom. The lowest BCUT2D eigenvalue weighted by atomic mass is 10.3. The molecule has 0 aromatic heterocycles. The van der Waals surface area contributed by atoms with Crippen LogP contribution in [0.3, 0.4) is 0 Å². The molecule has 0 bridgehead atoms. The summed E-state index contributed by atoms with van der Waals surface area (Å²) in [6.07, 6.45) is -0.407. The topological polar surface area (TPSA) is 50.7 Å². The Morgan fingerprint density at radius 1 is 1.20 bits per heavy atom. The third kappa shape index (κ3) is 10.1. The molecule has 0 rings (SSSR count). The molecule has 2 atom stereocenters. The number of aliphatic hydroxyl groups excluding tert-OH is 1. The van der Waals surface area contributed by atoms with Gasteiger partial charge in [0, 0.05) is 19.2 Å². The minimum Gasteiger partial charge on any atom is -0.389 e. The summed E-state index contributed by atoms with van der Waals surface area (Å²) in [6, 6.07) is 0.389. The summed E-state index contributed by atoms with van der Waals surface area (Å²) in [6.45, 7) is 10.2. The van der Waals surface area contributed by atoms with Gasteiger partial charge >= 0.3 is 0 Å². The van der Waals surface area contributed by atoms with Crippen molar-refractivity contribution in [1.29, 1.82) is 0 Å². The number of nitrogens with one attached hydrogen (secondary N) is 1. The van der Waals surface area contributed by atoms with Crippen LogP contribution in [-0.4, -0.2) is 49.7 Å². The molecule has 0 heterocycles. The molecule has 0 aromatic rings. The van der Waals surface area contributed by atoms with E-state index in [1.807, 2.05) is 27.7 Å². The average Bonchev–Trinajstić information content (AvgIpc) is 2.20. The van der Waals surface area contributed by atoms with E-state index in [-0.39, 0.29) is 6.10 Å². The SMILES string of the molecule is CCOCC(C)OCC(O)CNC(C)C. The lowest BCUT2D eigenvalue weighted by Crippen LogP contribution is -2.35. The lowest BCUT2D eigenvalue weighted by molar-refractivity contribution is -0.0383. The summed E-state index contributed by atoms with van der Waals surface area (Å²) >= 11 is 0. The zero-order chi connectivity index (χ0) is 11.7. The van der Waals surface area contributed by atoms with Gasteiger partial charge in [-0.25, -0.2) is 0 Å². The molecule has 0 aliphatic heterocycles. The van der Waals surface area contributed by atoms with Gasteiger partial charge in [-0.1, -0.05) is 13.8 Å². The van der Waals surface area contributed by atoms with Gasteiger partial charge in [-0.2, -0.15) is 0 Å². The molecule has 0 saturated heterocycles. The van der Waals surface area contributed by atoms with Gasteiger partial charge in [-0.15, -0.1) is 0 Å². The number of rotatable bonds is 9. The highest BCUT2D eigenvalue weighted by molar-refractivity contribution is 4.62. The maximum Gasteiger partial charge on any atom is 0.0897 e. The van der Waals surface area contributed by atoms with E-state index in [9.17, 15) is 5.11 Å². The molecule has 0 aliphatic rings. The zero-order valence-electron chi connectivity index (χ0n) is 10.3. The Kier molecular flexibility index (Phi) is 9.00. The fraction of sp³-hybridized carbons (Fsp3) is 1.00. The molecule has 4 nitrogen and oxygen atoms in total. The summed E-state index contributed by atoms with van der Waals surface area (Å²) in [5.41, 5.74) is 0. The number of hydrogen-bond donors (Lipinski definition) is 2. The largest absolute Gasteiger partial charge is 0.389 e. The quantitative estimate of drug-likeness (QED) is 0.602. The monoisotopic (exact) mass is 219 g/mol. The molecule has 92 valence electrons. The summed E-state index contributed by atoms with van der Waals surface area (Å²) in [4.78, 5) is 0. The number of aliphatic hydroxyl groups is 1. The van der Waals surface area contributed by atoms with Crippen molar-refractivity contribution < 1.29 is 14.6 Å². The summed E-state index contributed by atoms with van der Waals surface area (Å²) < 4.78 is 10.6. The van der Waals surface area contributed by atoms with Crippen LogP contribution >= 0.6 is 0 Å². The summed E-state index contributed by atoms with van der Waals surface area (Å²) in [5, 5.41) is 12.7. The highest BCUT2D eigenvalue weighted by Gasteiger charge is 2.08. The maximum absolute atomic E-state index is 9.54. The van der Waals surface area contributed by atoms with Crippen molar-refractivity contribution in [2.24, 2.45) is 0 Å². The van der Waals surface area contributed by atoms with Crippen molar-refractivity contribution in [2.75, 3.05) is 26.4 Å². The van der Waals surface area contributed by atoms with Crippen LogP contribution in [0.5, 0.6) is 0 Å². The van der Waals surface area contributed by atoms with Crippen molar-refractivity contribution in [3.05, 3.63) is 0 Å². The molecule has 0 radical (unpaired) electrons. The molecule has 2 N–H and O–H groups in total. The van der Waals surface area contributed by atoms with Gasteiger partial charge in [-0.05, 0) is 13.8 Å². The number of hydrogen-bond acceptors (Lipinski definition) is 4. The van der Waals surface area contributed by atoms with Crippen LogP contribution < -0.4 is 5.32 Å². The van der Waals surface area contributed by atoms with Gasteiger partial charge in [-0.3, -0.25) is 0 Å². The molecule has 0 aliphatic carbocycles. The van der Waals surface area contributed by atoms with E-state index < -0.39 is 6.10 Å². The van der Waals surface area contributed by atoms with Crippen molar-refractivity contribution in [2.45, 2.75) is 45.9 Å². The maximum atomic E-state index is 9.54. The minimum atomic E-state index is -0.448. The zero-order valence-corrected chi connectivity index (χ0v) is 10.3. The predicted molar refractivity (Wildman–Crippen MR) is 61.1 cm³/mol. The van der Waals surface area contributed by atoms with Crippen molar-refractivity contribution in [1.82, 2.24) is 5.32 Å². The second-order valence-electron chi connectivity index (χ2n) is 4.02. The van der Waals surface area contributed by atoms with Gasteiger partial charge < -0.3 is 19.9 Å². The fourth-order valence-corrected chi connectivity index (χ4v) is 1.04. The summed E-state index contributed by atoms with van der Waals surface area (Å²) in [5.74, 6) is 0. The van der Waals surface area contributed by atoms with E-state index in [2.05, 4.69) is 5.32 Å². The smallest absolute Gasteiger partial charge is 0.0897 e. The van der Waals surface area contributed by atoms with E-state index in [0.29, 0.717) is 32.4 Å². The van der Waals surface area contributed by atoms with E-state index in [4.69, 9.17) is 9.47 Å². The highest BCUT2D eigenvalue weighted by atomic mass is 16.5. The second-order valence-corrected chi connectivity index (χ2v) is 4.02. The Balaban J connectivity index is 3.39. The second kappa shape index (κ2) is 9.09. The molecule has 4 heteroatoms. The van der Waals surface area contributed by atoms with Crippen molar-refractivity contribution in [3.63, 3.8) is 0 Å². The van der Waals surface area contributed by atoms with Crippen LogP contribution in [0.1, 0.15) is 27.7 Å². The van der Waals surface area contributed by atoms with Crippen molar-refractivity contribution >= 4 is 0 Å². The normalized spacial score (nSPS) is 15.6. The van der Waals surface area contributed by atoms with E-state index in [1.165, 1.54) is 0 Å². The average molecular weight is 219 g/mol. The van der Waals surface area contributed by atoms with Gasteiger partial charge in [0.25, 0.3) is 0 Å². The van der Waals surface area contributed by atoms with Crippen LogP contribution in [0.2, 0.25) is 0 Å². The Morgan fingerprint density at radius 2 is 1.87 bits per heavy atom. The standard InChI is InChI=1S/C11H25NO3/c1-5-14-7-10(4)15-8-11(13)6-12-9(2)3/h9-13H,5-8H2,1-4H3. The first-order valence-corrected chi connectivity index (χ1v) is 5.67. The third-order valence-electron chi connectivity index (χ3n) is 1.89. The van der Waals surface area contributed by atoms with Gasteiger partial charge in [0.05, 0.1) is 25.4 Å². The van der Waals surface area contributed by atoms with Crippen LogP contribution in [0, 0.1) is 0 Å². The van der Waals surface area contributed by atoms with E-state index >= 15 is 0 Å². The number of ether oxygens (including phenoxy) is 2. The van der Waals surface area contributed by atoms with Gasteiger partial charge in [0.15, 0.2) is 0 Å². The Labute approximate surface area is 93.0 Å². The molecule has 2 unspecified atom stereocenters. The first-order chi connectivity index (χ1) is 7.06. The highest BCUT2D eigenvalue weighted by Crippen LogP contribution is 1.94. The molecule has 0 spiro atoms. The van der Waals surface area contributed by atoms with E-state index in [1.54, 1.807) is 0 Å². The minimum absolute atomic E-state index is 0.0404. The molecule has 0 saturated carbocycles. The first kappa shape index (κ1) is 14.8. The molecular formula is C11H25NO3. The Hall–Kier alpha value is -0.160. The van der Waals surface area contributed by atoms with Gasteiger partial charge in [0.2, 0.25) is 0 Å². The van der Waals surface area contributed by atoms with Gasteiger partial charge in [0.1, 0.15) is 0 Å². The van der Waals surface area contributed by atoms with Crippen LogP contribution in [-0.2, 0) is 9.47 Å². The molecule has 0 fully saturated rings. The predicted octanol–water partition coefficient (Wildman–Crippen LogP) is 0.787. The lowest BCUT2D eigenvalue weighted by Gasteiger charge is -2.17. The van der Waals surface area contributed by atoms with Crippen LogP contribution in [0.25, 0.3) is 0 Å². The molecule has 0 amide bonds. The third-order valence-corrected chi connectivity index (χ3v) is 1.89. The first-order valence-electron chi connectivity index (χ1n) is 5.67. The molecular weight excluding hydrogens is 194 g/mol. The van der Waals surface area contributed by atoms with Crippen molar-refractivity contribution in [3.8, 4) is 0 Å². The molecule has 0 aromatic carbocycles. The fourth-order valence-electron chi connectivity index (χ4n) is 1.04. The van der Waals surface area contributed by atoms with E-state index in [0.717, 1.165) is 0 Å². The summed E-state index contributed by atoms with van der Waals surface area (Å²) in [7, 11) is 0. The van der Waals surface area contributed by atoms with Crippen LogP contribution in [0.15, 0.2) is 0 Å². The molecule has 15 heavy (non-hydrogen) atoms.